The predicted octanol–water partition coefficient (Wildman–Crippen LogP) is 4.11. The zero-order valence-corrected chi connectivity index (χ0v) is 12.8. The highest BCUT2D eigenvalue weighted by Crippen LogP contribution is 2.32. The van der Waals surface area contributed by atoms with Gasteiger partial charge >= 0.3 is 0 Å². The first-order valence-electron chi connectivity index (χ1n) is 6.36. The normalized spacial score (nSPS) is 11.4. The molecule has 1 aromatic heterocycles. The van der Waals surface area contributed by atoms with E-state index >= 15 is 0 Å². The molecule has 4 nitrogen and oxygen atoms in total. The Morgan fingerprint density at radius 3 is 2.40 bits per heavy atom. The van der Waals surface area contributed by atoms with Crippen LogP contribution in [0.15, 0.2) is 24.3 Å². The van der Waals surface area contributed by atoms with Gasteiger partial charge in [-0.15, -0.1) is 0 Å². The van der Waals surface area contributed by atoms with Crippen LogP contribution in [0.4, 0.5) is 5.82 Å². The summed E-state index contributed by atoms with van der Waals surface area (Å²) in [4.78, 5) is 8.79. The number of halogens is 1. The van der Waals surface area contributed by atoms with E-state index in [1.165, 1.54) is 0 Å². The minimum Gasteiger partial charge on any atom is -0.437 e. The summed E-state index contributed by atoms with van der Waals surface area (Å²) in [7, 11) is 0. The van der Waals surface area contributed by atoms with Crippen molar-refractivity contribution in [1.82, 2.24) is 9.97 Å². The van der Waals surface area contributed by atoms with Crippen molar-refractivity contribution in [2.75, 3.05) is 5.73 Å². The summed E-state index contributed by atoms with van der Waals surface area (Å²) in [5.41, 5.74) is 6.44. The second kappa shape index (κ2) is 5.29. The third-order valence-corrected chi connectivity index (χ3v) is 3.17. The van der Waals surface area contributed by atoms with Crippen LogP contribution >= 0.6 is 11.6 Å². The molecule has 5 heteroatoms. The van der Waals surface area contributed by atoms with Crippen LogP contribution in [0.5, 0.6) is 11.6 Å². The smallest absolute Gasteiger partial charge is 0.227 e. The van der Waals surface area contributed by atoms with Crippen LogP contribution in [0.25, 0.3) is 0 Å². The first-order chi connectivity index (χ1) is 9.29. The average molecular weight is 292 g/mol. The molecule has 0 unspecified atom stereocenters. The summed E-state index contributed by atoms with van der Waals surface area (Å²) in [6.07, 6.45) is 0. The van der Waals surface area contributed by atoms with Crippen LogP contribution in [-0.4, -0.2) is 9.97 Å². The lowest BCUT2D eigenvalue weighted by Gasteiger charge is -2.19. The van der Waals surface area contributed by atoms with Gasteiger partial charge in [-0.1, -0.05) is 44.5 Å². The van der Waals surface area contributed by atoms with E-state index in [0.29, 0.717) is 33.9 Å². The van der Waals surface area contributed by atoms with Crippen LogP contribution in [0.3, 0.4) is 0 Å². The van der Waals surface area contributed by atoms with Crippen molar-refractivity contribution >= 4 is 17.4 Å². The summed E-state index contributed by atoms with van der Waals surface area (Å²) in [5.74, 6) is 2.06. The number of nitrogen functional groups attached to an aromatic ring is 1. The Labute approximate surface area is 124 Å². The summed E-state index contributed by atoms with van der Waals surface area (Å²) in [6, 6.07) is 7.25. The molecule has 0 fully saturated rings. The third kappa shape index (κ3) is 3.02. The zero-order valence-electron chi connectivity index (χ0n) is 12.1. The number of hydrogen-bond donors (Lipinski definition) is 1. The summed E-state index contributed by atoms with van der Waals surface area (Å²) < 4.78 is 5.79. The molecular weight excluding hydrogens is 274 g/mol. The molecule has 0 atom stereocenters. The second-order valence-electron chi connectivity index (χ2n) is 5.65. The number of benzene rings is 1. The molecule has 0 saturated heterocycles. The number of para-hydroxylation sites is 1. The summed E-state index contributed by atoms with van der Waals surface area (Å²) in [6.45, 7) is 7.90. The first kappa shape index (κ1) is 14.6. The van der Waals surface area contributed by atoms with Gasteiger partial charge in [-0.25, -0.2) is 4.98 Å². The van der Waals surface area contributed by atoms with Crippen LogP contribution in [0, 0.1) is 6.92 Å². The fourth-order valence-electron chi connectivity index (χ4n) is 1.58. The van der Waals surface area contributed by atoms with Crippen LogP contribution in [0.2, 0.25) is 5.02 Å². The van der Waals surface area contributed by atoms with Crippen molar-refractivity contribution in [2.45, 2.75) is 33.1 Å². The highest BCUT2D eigenvalue weighted by molar-refractivity contribution is 6.32. The standard InChI is InChI=1S/C15H18ClN3O/c1-9-12(17)18-14(15(2,3)4)19-13(9)20-11-8-6-5-7-10(11)16/h5-8H,1-4H3,(H2,17,18,19). The average Bonchev–Trinajstić information content (AvgIpc) is 2.36. The Morgan fingerprint density at radius 2 is 1.80 bits per heavy atom. The largest absolute Gasteiger partial charge is 0.437 e. The first-order valence-corrected chi connectivity index (χ1v) is 6.74. The molecule has 106 valence electrons. The predicted molar refractivity (Wildman–Crippen MR) is 81.4 cm³/mol. The lowest BCUT2D eigenvalue weighted by Crippen LogP contribution is -2.18. The molecule has 1 aromatic carbocycles. The molecule has 0 bridgehead atoms. The van der Waals surface area contributed by atoms with E-state index in [2.05, 4.69) is 9.97 Å². The monoisotopic (exact) mass is 291 g/mol. The Bertz CT molecular complexity index is 636. The molecule has 2 aromatic rings. The molecule has 2 N–H and O–H groups in total. The Morgan fingerprint density at radius 1 is 1.15 bits per heavy atom. The Hall–Kier alpha value is -1.81. The maximum absolute atomic E-state index is 6.10. The number of anilines is 1. The topological polar surface area (TPSA) is 61.0 Å². The number of hydrogen-bond acceptors (Lipinski definition) is 4. The molecule has 0 spiro atoms. The molecule has 0 radical (unpaired) electrons. The van der Waals surface area contributed by atoms with Gasteiger partial charge in [0.15, 0.2) is 0 Å². The molecule has 0 aliphatic carbocycles. The van der Waals surface area contributed by atoms with E-state index < -0.39 is 0 Å². The van der Waals surface area contributed by atoms with Gasteiger partial charge in [0.2, 0.25) is 5.88 Å². The molecular formula is C15H18ClN3O. The van der Waals surface area contributed by atoms with E-state index in [-0.39, 0.29) is 5.41 Å². The minimum absolute atomic E-state index is 0.208. The molecule has 20 heavy (non-hydrogen) atoms. The molecule has 2 rings (SSSR count). The Kier molecular flexibility index (Phi) is 3.86. The van der Waals surface area contributed by atoms with Gasteiger partial charge in [0, 0.05) is 5.41 Å². The number of rotatable bonds is 2. The van der Waals surface area contributed by atoms with Gasteiger partial charge in [0.05, 0.1) is 10.6 Å². The lowest BCUT2D eigenvalue weighted by molar-refractivity contribution is 0.443. The van der Waals surface area contributed by atoms with Crippen molar-refractivity contribution < 1.29 is 4.74 Å². The summed E-state index contributed by atoms with van der Waals surface area (Å²) >= 11 is 6.10. The van der Waals surface area contributed by atoms with E-state index in [4.69, 9.17) is 22.1 Å². The van der Waals surface area contributed by atoms with E-state index in [1.54, 1.807) is 12.1 Å². The molecule has 0 aliphatic heterocycles. The molecule has 0 aliphatic rings. The van der Waals surface area contributed by atoms with Crippen LogP contribution in [0.1, 0.15) is 32.2 Å². The van der Waals surface area contributed by atoms with Gasteiger partial charge in [-0.2, -0.15) is 4.98 Å². The maximum Gasteiger partial charge on any atom is 0.227 e. The highest BCUT2D eigenvalue weighted by Gasteiger charge is 2.21. The number of aromatic nitrogens is 2. The highest BCUT2D eigenvalue weighted by atomic mass is 35.5. The third-order valence-electron chi connectivity index (χ3n) is 2.85. The SMILES string of the molecule is Cc1c(N)nc(C(C)(C)C)nc1Oc1ccccc1Cl. The van der Waals surface area contributed by atoms with Gasteiger partial charge in [-0.05, 0) is 19.1 Å². The van der Waals surface area contributed by atoms with Crippen LogP contribution in [-0.2, 0) is 5.41 Å². The fourth-order valence-corrected chi connectivity index (χ4v) is 1.75. The van der Waals surface area contributed by atoms with E-state index in [1.807, 2.05) is 39.8 Å². The van der Waals surface area contributed by atoms with Crippen molar-refractivity contribution in [1.29, 1.82) is 0 Å². The van der Waals surface area contributed by atoms with Gasteiger partial charge in [-0.3, -0.25) is 0 Å². The van der Waals surface area contributed by atoms with Crippen molar-refractivity contribution in [3.8, 4) is 11.6 Å². The van der Waals surface area contributed by atoms with Gasteiger partial charge in [0.1, 0.15) is 17.4 Å². The number of nitrogens with zero attached hydrogens (tertiary/aromatic N) is 2. The van der Waals surface area contributed by atoms with Crippen molar-refractivity contribution in [3.05, 3.63) is 40.7 Å². The second-order valence-corrected chi connectivity index (χ2v) is 6.05. The van der Waals surface area contributed by atoms with Crippen LogP contribution < -0.4 is 10.5 Å². The number of ether oxygens (including phenoxy) is 1. The minimum atomic E-state index is -0.208. The number of nitrogens with two attached hydrogens (primary N) is 1. The van der Waals surface area contributed by atoms with E-state index in [9.17, 15) is 0 Å². The summed E-state index contributed by atoms with van der Waals surface area (Å²) in [5, 5.41) is 0.529. The Balaban J connectivity index is 2.46. The van der Waals surface area contributed by atoms with Gasteiger partial charge in [0.25, 0.3) is 0 Å². The molecule has 0 saturated carbocycles. The van der Waals surface area contributed by atoms with Gasteiger partial charge < -0.3 is 10.5 Å². The fraction of sp³-hybridized carbons (Fsp3) is 0.333. The zero-order chi connectivity index (χ0) is 14.9. The van der Waals surface area contributed by atoms with Crippen molar-refractivity contribution in [2.24, 2.45) is 0 Å². The maximum atomic E-state index is 6.10. The van der Waals surface area contributed by atoms with E-state index in [0.717, 1.165) is 0 Å². The lowest BCUT2D eigenvalue weighted by atomic mass is 9.95. The van der Waals surface area contributed by atoms with Crippen molar-refractivity contribution in [3.63, 3.8) is 0 Å². The quantitative estimate of drug-likeness (QED) is 0.904. The molecule has 0 amide bonds. The molecule has 1 heterocycles.